The fraction of sp³-hybridized carbons (Fsp3) is 0.500. The molecule has 1 fully saturated rings. The normalized spacial score (nSPS) is 20.2. The molecular formula is C14H18BrFN2O. The van der Waals surface area contributed by atoms with Gasteiger partial charge >= 0.3 is 0 Å². The third kappa shape index (κ3) is 3.15. The Labute approximate surface area is 121 Å². The summed E-state index contributed by atoms with van der Waals surface area (Å²) in [6.07, 6.45) is 1.68. The summed E-state index contributed by atoms with van der Waals surface area (Å²) >= 11 is 3.33. The van der Waals surface area contributed by atoms with Crippen LogP contribution in [0.15, 0.2) is 22.7 Å². The number of halogens is 2. The third-order valence-corrected chi connectivity index (χ3v) is 3.82. The summed E-state index contributed by atoms with van der Waals surface area (Å²) in [5.41, 5.74) is 0.350. The molecule has 1 unspecified atom stereocenters. The zero-order chi connectivity index (χ0) is 14.0. The average Bonchev–Trinajstić information content (AvgIpc) is 2.33. The molecule has 3 nitrogen and oxygen atoms in total. The van der Waals surface area contributed by atoms with Crippen molar-refractivity contribution in [3.63, 3.8) is 0 Å². The van der Waals surface area contributed by atoms with Crippen LogP contribution in [0.2, 0.25) is 0 Å². The van der Waals surface area contributed by atoms with Gasteiger partial charge in [0.05, 0.1) is 11.7 Å². The number of nitrogens with zero attached hydrogens (tertiary/aromatic N) is 1. The monoisotopic (exact) mass is 328 g/mol. The molecule has 0 saturated carbocycles. The fourth-order valence-electron chi connectivity index (χ4n) is 2.40. The van der Waals surface area contributed by atoms with Crippen molar-refractivity contribution in [1.82, 2.24) is 5.32 Å². The van der Waals surface area contributed by atoms with E-state index in [9.17, 15) is 9.18 Å². The molecule has 0 spiro atoms. The van der Waals surface area contributed by atoms with Crippen LogP contribution in [0.5, 0.6) is 0 Å². The Morgan fingerprint density at radius 3 is 2.84 bits per heavy atom. The predicted octanol–water partition coefficient (Wildman–Crippen LogP) is 3.08. The third-order valence-electron chi connectivity index (χ3n) is 3.18. The first-order valence-corrected chi connectivity index (χ1v) is 7.31. The molecule has 0 aromatic heterocycles. The summed E-state index contributed by atoms with van der Waals surface area (Å²) in [5, 5.41) is 3.24. The lowest BCUT2D eigenvalue weighted by Gasteiger charge is -2.34. The second-order valence-electron chi connectivity index (χ2n) is 5.08. The Morgan fingerprint density at radius 1 is 1.47 bits per heavy atom. The number of piperidine rings is 1. The largest absolute Gasteiger partial charge is 0.307 e. The standard InChI is InChI=1S/C14H18BrFN2O/c1-9(2)17-12-7-4-8-18(14(12)19)13-10(15)5-3-6-11(13)16/h3,5-6,9,12,17H,4,7-8H2,1-2H3. The molecule has 0 aliphatic carbocycles. The Morgan fingerprint density at radius 2 is 2.21 bits per heavy atom. The zero-order valence-electron chi connectivity index (χ0n) is 11.1. The van der Waals surface area contributed by atoms with Crippen molar-refractivity contribution in [2.24, 2.45) is 0 Å². The quantitative estimate of drug-likeness (QED) is 0.924. The van der Waals surface area contributed by atoms with Crippen LogP contribution in [0.3, 0.4) is 0 Å². The van der Waals surface area contributed by atoms with Gasteiger partial charge in [0, 0.05) is 17.1 Å². The number of hydrogen-bond donors (Lipinski definition) is 1. The van der Waals surface area contributed by atoms with E-state index in [2.05, 4.69) is 21.2 Å². The van der Waals surface area contributed by atoms with Crippen LogP contribution in [-0.4, -0.2) is 24.5 Å². The number of carbonyl (C=O) groups excluding carboxylic acids is 1. The maximum absolute atomic E-state index is 14.0. The lowest BCUT2D eigenvalue weighted by molar-refractivity contribution is -0.122. The Balaban J connectivity index is 2.27. The highest BCUT2D eigenvalue weighted by Gasteiger charge is 2.32. The number of hydrogen-bond acceptors (Lipinski definition) is 2. The fourth-order valence-corrected chi connectivity index (χ4v) is 2.96. The molecule has 0 radical (unpaired) electrons. The van der Waals surface area contributed by atoms with Gasteiger partial charge in [-0.1, -0.05) is 19.9 Å². The van der Waals surface area contributed by atoms with Crippen molar-refractivity contribution < 1.29 is 9.18 Å². The van der Waals surface area contributed by atoms with E-state index in [1.807, 2.05) is 13.8 Å². The number of nitrogens with one attached hydrogen (secondary N) is 1. The van der Waals surface area contributed by atoms with E-state index in [0.29, 0.717) is 16.7 Å². The van der Waals surface area contributed by atoms with Gasteiger partial charge in [-0.25, -0.2) is 4.39 Å². The maximum Gasteiger partial charge on any atom is 0.244 e. The number of rotatable bonds is 3. The molecule has 1 aliphatic rings. The molecular weight excluding hydrogens is 311 g/mol. The summed E-state index contributed by atoms with van der Waals surface area (Å²) in [4.78, 5) is 14.0. The van der Waals surface area contributed by atoms with Gasteiger partial charge in [-0.2, -0.15) is 0 Å². The molecule has 1 amide bonds. The highest BCUT2D eigenvalue weighted by atomic mass is 79.9. The van der Waals surface area contributed by atoms with E-state index in [1.54, 1.807) is 17.0 Å². The number of para-hydroxylation sites is 1. The highest BCUT2D eigenvalue weighted by Crippen LogP contribution is 2.31. The van der Waals surface area contributed by atoms with Gasteiger partial charge in [0.15, 0.2) is 0 Å². The van der Waals surface area contributed by atoms with Crippen molar-refractivity contribution in [3.05, 3.63) is 28.5 Å². The van der Waals surface area contributed by atoms with Crippen LogP contribution in [0.25, 0.3) is 0 Å². The van der Waals surface area contributed by atoms with Gasteiger partial charge in [0.2, 0.25) is 5.91 Å². The van der Waals surface area contributed by atoms with Gasteiger partial charge < -0.3 is 10.2 Å². The Kier molecular flexibility index (Phi) is 4.58. The number of anilines is 1. The number of carbonyl (C=O) groups is 1. The van der Waals surface area contributed by atoms with E-state index in [-0.39, 0.29) is 23.8 Å². The van der Waals surface area contributed by atoms with Crippen LogP contribution in [-0.2, 0) is 4.79 Å². The van der Waals surface area contributed by atoms with E-state index in [0.717, 1.165) is 12.8 Å². The first kappa shape index (κ1) is 14.5. The first-order valence-electron chi connectivity index (χ1n) is 6.52. The summed E-state index contributed by atoms with van der Waals surface area (Å²) < 4.78 is 14.6. The van der Waals surface area contributed by atoms with Crippen molar-refractivity contribution >= 4 is 27.5 Å². The number of benzene rings is 1. The van der Waals surface area contributed by atoms with Crippen LogP contribution >= 0.6 is 15.9 Å². The molecule has 1 atom stereocenters. The molecule has 1 aliphatic heterocycles. The number of amides is 1. The lowest BCUT2D eigenvalue weighted by atomic mass is 10.0. The van der Waals surface area contributed by atoms with Crippen LogP contribution < -0.4 is 10.2 Å². The van der Waals surface area contributed by atoms with E-state index in [1.165, 1.54) is 6.07 Å². The molecule has 1 N–H and O–H groups in total. The van der Waals surface area contributed by atoms with Gasteiger partial charge in [0.1, 0.15) is 5.82 Å². The maximum atomic E-state index is 14.0. The van der Waals surface area contributed by atoms with Crippen LogP contribution in [0.4, 0.5) is 10.1 Å². The lowest BCUT2D eigenvalue weighted by Crippen LogP contribution is -2.52. The molecule has 2 rings (SSSR count). The summed E-state index contributed by atoms with van der Waals surface area (Å²) in [6.45, 7) is 4.57. The Bertz CT molecular complexity index is 458. The van der Waals surface area contributed by atoms with Gasteiger partial charge in [-0.05, 0) is 40.9 Å². The molecule has 1 heterocycles. The molecule has 1 saturated heterocycles. The predicted molar refractivity (Wildman–Crippen MR) is 77.7 cm³/mol. The summed E-state index contributed by atoms with van der Waals surface area (Å²) in [7, 11) is 0. The molecule has 19 heavy (non-hydrogen) atoms. The van der Waals surface area contributed by atoms with Gasteiger partial charge in [-0.15, -0.1) is 0 Å². The molecule has 5 heteroatoms. The second-order valence-corrected chi connectivity index (χ2v) is 5.93. The molecule has 0 bridgehead atoms. The van der Waals surface area contributed by atoms with Gasteiger partial charge in [-0.3, -0.25) is 4.79 Å². The Hall–Kier alpha value is -0.940. The van der Waals surface area contributed by atoms with Crippen LogP contribution in [0, 0.1) is 5.82 Å². The van der Waals surface area contributed by atoms with Crippen molar-refractivity contribution in [3.8, 4) is 0 Å². The second kappa shape index (κ2) is 6.01. The van der Waals surface area contributed by atoms with E-state index >= 15 is 0 Å². The zero-order valence-corrected chi connectivity index (χ0v) is 12.7. The minimum Gasteiger partial charge on any atom is -0.307 e. The van der Waals surface area contributed by atoms with Crippen LogP contribution in [0.1, 0.15) is 26.7 Å². The smallest absolute Gasteiger partial charge is 0.244 e. The molecule has 1 aromatic rings. The summed E-state index contributed by atoms with van der Waals surface area (Å²) in [5.74, 6) is -0.418. The highest BCUT2D eigenvalue weighted by molar-refractivity contribution is 9.10. The summed E-state index contributed by atoms with van der Waals surface area (Å²) in [6, 6.07) is 4.78. The molecule has 104 valence electrons. The van der Waals surface area contributed by atoms with Gasteiger partial charge in [0.25, 0.3) is 0 Å². The average molecular weight is 329 g/mol. The minimum atomic E-state index is -0.368. The SMILES string of the molecule is CC(C)NC1CCCN(c2c(F)cccc2Br)C1=O. The first-order chi connectivity index (χ1) is 9.00. The van der Waals surface area contributed by atoms with Crippen molar-refractivity contribution in [1.29, 1.82) is 0 Å². The topological polar surface area (TPSA) is 32.3 Å². The minimum absolute atomic E-state index is 0.0502. The molecule has 1 aromatic carbocycles. The van der Waals surface area contributed by atoms with Crippen molar-refractivity contribution in [2.45, 2.75) is 38.8 Å². The van der Waals surface area contributed by atoms with E-state index in [4.69, 9.17) is 0 Å². The van der Waals surface area contributed by atoms with E-state index < -0.39 is 0 Å². The van der Waals surface area contributed by atoms with Crippen molar-refractivity contribution in [2.75, 3.05) is 11.4 Å².